The van der Waals surface area contributed by atoms with E-state index in [-0.39, 0.29) is 24.8 Å². The summed E-state index contributed by atoms with van der Waals surface area (Å²) in [4.78, 5) is 0. The lowest BCUT2D eigenvalue weighted by molar-refractivity contribution is 0.662. The molecular formula is C6H17Cl2N. The topological polar surface area (TPSA) is 12.0 Å². The van der Waals surface area contributed by atoms with Crippen LogP contribution >= 0.6 is 24.8 Å². The lowest BCUT2D eigenvalue weighted by Gasteiger charge is -1.95. The molecule has 0 atom stereocenters. The average molecular weight is 174 g/mol. The van der Waals surface area contributed by atoms with Crippen LogP contribution in [0, 0.1) is 0 Å². The monoisotopic (exact) mass is 173 g/mol. The first-order chi connectivity index (χ1) is 3.41. The van der Waals surface area contributed by atoms with E-state index in [1.54, 1.807) is 0 Å². The highest BCUT2D eigenvalue weighted by Crippen LogP contribution is 1.71. The van der Waals surface area contributed by atoms with Gasteiger partial charge in [0.25, 0.3) is 0 Å². The summed E-state index contributed by atoms with van der Waals surface area (Å²) < 4.78 is 0. The van der Waals surface area contributed by atoms with Crippen LogP contribution in [0.2, 0.25) is 0 Å². The van der Waals surface area contributed by atoms with Crippen molar-refractivity contribution in [1.82, 2.24) is 5.32 Å². The molecule has 0 saturated heterocycles. The smallest absolute Gasteiger partial charge is 0.00516 e. The molecule has 0 aromatic heterocycles. The first-order valence-corrected chi connectivity index (χ1v) is 3.12. The van der Waals surface area contributed by atoms with Crippen molar-refractivity contribution in [3.8, 4) is 0 Å². The molecule has 60 valence electrons. The van der Waals surface area contributed by atoms with Gasteiger partial charge in [0.1, 0.15) is 0 Å². The Morgan fingerprint density at radius 3 is 1.44 bits per heavy atom. The second-order valence-corrected chi connectivity index (χ2v) is 1.75. The van der Waals surface area contributed by atoms with E-state index in [1.807, 2.05) is 0 Å². The summed E-state index contributed by atoms with van der Waals surface area (Å²) >= 11 is 0. The summed E-state index contributed by atoms with van der Waals surface area (Å²) in [5, 5.41) is 3.28. The zero-order valence-corrected chi connectivity index (χ0v) is 7.78. The summed E-state index contributed by atoms with van der Waals surface area (Å²) in [5.41, 5.74) is 0. The Morgan fingerprint density at radius 1 is 0.889 bits per heavy atom. The predicted octanol–water partition coefficient (Wildman–Crippen LogP) is 2.24. The number of hydrogen-bond acceptors (Lipinski definition) is 1. The molecule has 1 nitrogen and oxygen atoms in total. The van der Waals surface area contributed by atoms with Crippen LogP contribution in [0.1, 0.15) is 26.7 Å². The summed E-state index contributed by atoms with van der Waals surface area (Å²) in [6, 6.07) is 0. The normalized spacial score (nSPS) is 7.33. The van der Waals surface area contributed by atoms with Gasteiger partial charge < -0.3 is 5.32 Å². The molecule has 9 heavy (non-hydrogen) atoms. The molecule has 0 saturated carbocycles. The van der Waals surface area contributed by atoms with Crippen LogP contribution in [0.25, 0.3) is 0 Å². The molecule has 0 aliphatic heterocycles. The Labute approximate surface area is 70.4 Å². The van der Waals surface area contributed by atoms with Gasteiger partial charge in [-0.05, 0) is 25.9 Å². The maximum atomic E-state index is 3.28. The van der Waals surface area contributed by atoms with Crippen molar-refractivity contribution in [3.63, 3.8) is 0 Å². The number of nitrogens with one attached hydrogen (secondary N) is 1. The highest BCUT2D eigenvalue weighted by Gasteiger charge is 1.76. The molecule has 0 rings (SSSR count). The van der Waals surface area contributed by atoms with Gasteiger partial charge in [0.05, 0.1) is 0 Å². The fourth-order valence-electron chi connectivity index (χ4n) is 0.479. The summed E-state index contributed by atoms with van der Waals surface area (Å²) in [6.45, 7) is 6.72. The summed E-state index contributed by atoms with van der Waals surface area (Å²) in [6.07, 6.45) is 2.50. The summed E-state index contributed by atoms with van der Waals surface area (Å²) in [5.74, 6) is 0. The lowest BCUT2D eigenvalue weighted by atomic mass is 10.4. The van der Waals surface area contributed by atoms with Crippen molar-refractivity contribution in [2.75, 3.05) is 13.1 Å². The maximum Gasteiger partial charge on any atom is -0.00516 e. The van der Waals surface area contributed by atoms with Crippen molar-refractivity contribution >= 4 is 24.8 Å². The highest BCUT2D eigenvalue weighted by molar-refractivity contribution is 5.85. The van der Waals surface area contributed by atoms with Gasteiger partial charge in [0, 0.05) is 0 Å². The second kappa shape index (κ2) is 15.8. The SMILES string of the molecule is CCCNCCC.Cl.Cl. The lowest BCUT2D eigenvalue weighted by Crippen LogP contribution is -2.14. The minimum absolute atomic E-state index is 0. The Bertz CT molecular complexity index is 30.2. The zero-order valence-electron chi connectivity index (χ0n) is 6.14. The van der Waals surface area contributed by atoms with Crippen LogP contribution < -0.4 is 5.32 Å². The Morgan fingerprint density at radius 2 is 1.22 bits per heavy atom. The van der Waals surface area contributed by atoms with E-state index in [4.69, 9.17) is 0 Å². The predicted molar refractivity (Wildman–Crippen MR) is 47.9 cm³/mol. The zero-order chi connectivity index (χ0) is 5.54. The van der Waals surface area contributed by atoms with E-state index in [0.717, 1.165) is 0 Å². The molecule has 0 aliphatic rings. The first kappa shape index (κ1) is 16.3. The van der Waals surface area contributed by atoms with Crippen LogP contribution in [-0.4, -0.2) is 13.1 Å². The molecule has 0 radical (unpaired) electrons. The van der Waals surface area contributed by atoms with Crippen LogP contribution in [-0.2, 0) is 0 Å². The van der Waals surface area contributed by atoms with E-state index in [9.17, 15) is 0 Å². The van der Waals surface area contributed by atoms with Crippen LogP contribution in [0.3, 0.4) is 0 Å². The van der Waals surface area contributed by atoms with E-state index >= 15 is 0 Å². The van der Waals surface area contributed by atoms with E-state index in [1.165, 1.54) is 25.9 Å². The molecule has 0 aromatic carbocycles. The number of hydrogen-bond donors (Lipinski definition) is 1. The highest BCUT2D eigenvalue weighted by atomic mass is 35.5. The molecule has 0 aliphatic carbocycles. The van der Waals surface area contributed by atoms with Gasteiger partial charge in [-0.15, -0.1) is 24.8 Å². The van der Waals surface area contributed by atoms with Crippen molar-refractivity contribution in [2.24, 2.45) is 0 Å². The van der Waals surface area contributed by atoms with Gasteiger partial charge in [-0.1, -0.05) is 13.8 Å². The first-order valence-electron chi connectivity index (χ1n) is 3.12. The maximum absolute atomic E-state index is 3.28. The fourth-order valence-corrected chi connectivity index (χ4v) is 0.479. The fraction of sp³-hybridized carbons (Fsp3) is 1.00. The minimum Gasteiger partial charge on any atom is -0.317 e. The van der Waals surface area contributed by atoms with E-state index in [2.05, 4.69) is 19.2 Å². The van der Waals surface area contributed by atoms with Gasteiger partial charge in [-0.3, -0.25) is 0 Å². The van der Waals surface area contributed by atoms with Gasteiger partial charge in [0.15, 0.2) is 0 Å². The third kappa shape index (κ3) is 17.7. The molecular weight excluding hydrogens is 157 g/mol. The second-order valence-electron chi connectivity index (χ2n) is 1.75. The molecule has 0 heterocycles. The Balaban J connectivity index is -0.000000180. The largest absolute Gasteiger partial charge is 0.317 e. The molecule has 0 bridgehead atoms. The third-order valence-electron chi connectivity index (χ3n) is 0.854. The quantitative estimate of drug-likeness (QED) is 0.644. The van der Waals surface area contributed by atoms with Gasteiger partial charge in [-0.25, -0.2) is 0 Å². The minimum atomic E-state index is 0. The standard InChI is InChI=1S/C6H15N.2ClH/c1-3-5-7-6-4-2;;/h7H,3-6H2,1-2H3;2*1H. The molecule has 0 unspecified atom stereocenters. The van der Waals surface area contributed by atoms with Crippen molar-refractivity contribution in [3.05, 3.63) is 0 Å². The Kier molecular flexibility index (Phi) is 28.6. The van der Waals surface area contributed by atoms with Crippen molar-refractivity contribution < 1.29 is 0 Å². The van der Waals surface area contributed by atoms with Gasteiger partial charge in [0.2, 0.25) is 0 Å². The third-order valence-corrected chi connectivity index (χ3v) is 0.854. The molecule has 0 fully saturated rings. The molecule has 0 amide bonds. The van der Waals surface area contributed by atoms with E-state index < -0.39 is 0 Å². The molecule has 3 heteroatoms. The van der Waals surface area contributed by atoms with Crippen LogP contribution in [0.5, 0.6) is 0 Å². The van der Waals surface area contributed by atoms with E-state index in [0.29, 0.717) is 0 Å². The number of halogens is 2. The van der Waals surface area contributed by atoms with Crippen LogP contribution in [0.4, 0.5) is 0 Å². The summed E-state index contributed by atoms with van der Waals surface area (Å²) in [7, 11) is 0. The average Bonchev–Trinajstić information content (AvgIpc) is 1.69. The van der Waals surface area contributed by atoms with Crippen LogP contribution in [0.15, 0.2) is 0 Å². The Hall–Kier alpha value is 0.540. The van der Waals surface area contributed by atoms with Crippen molar-refractivity contribution in [2.45, 2.75) is 26.7 Å². The molecule has 0 spiro atoms. The number of rotatable bonds is 4. The van der Waals surface area contributed by atoms with Crippen molar-refractivity contribution in [1.29, 1.82) is 0 Å². The molecule has 0 aromatic rings. The van der Waals surface area contributed by atoms with Gasteiger partial charge in [-0.2, -0.15) is 0 Å². The molecule has 1 N–H and O–H groups in total. The van der Waals surface area contributed by atoms with Gasteiger partial charge >= 0.3 is 0 Å².